The normalized spacial score (nSPS) is 22.3. The second-order valence-electron chi connectivity index (χ2n) is 22.8. The Labute approximate surface area is 491 Å². The third-order valence-corrected chi connectivity index (χ3v) is 17.1. The molecule has 4 aliphatic rings. The van der Waals surface area contributed by atoms with Crippen LogP contribution in [0.1, 0.15) is 157 Å². The number of amides is 6. The molecule has 0 bridgehead atoms. The standard InChI is InChI=1S/C62H84F2N14O6/c1-6-75(74-72-56(45-27-31-47(64)32-28-45)70-60(82)54-36-34-49-18-8-10-20-51(62(84)78(49)54)68-58(80)41(3)66-5)37-13-11-15-42-21-23-43(24-22-42)16-12-14-38-76-39-52(71-73-76)55(44-25-29-46(63)30-26-44)69-59(81)53-35-33-48-17-7-9-19-50(61(83)77(48)53)67-57(79)40(2)65-4/h6,21-32,39-41,48-51,53-56,65-66H,1,7-20,33-38H2,2-5H3,(H,67,79)(H,68,80)(H,69,81)(H,70,82)/b74-72-/t40-,41-,48-,49-,50-,51-,53-,54-,55-,56?/m0/s1. The highest BCUT2D eigenvalue weighted by Crippen LogP contribution is 2.34. The lowest BCUT2D eigenvalue weighted by molar-refractivity contribution is -0.144. The molecule has 6 N–H and O–H groups in total. The van der Waals surface area contributed by atoms with Crippen molar-refractivity contribution in [3.05, 3.63) is 131 Å². The summed E-state index contributed by atoms with van der Waals surface area (Å²) in [6.07, 6.45) is 15.6. The van der Waals surface area contributed by atoms with E-state index in [1.807, 2.05) is 0 Å². The molecule has 10 atom stereocenters. The fourth-order valence-corrected chi connectivity index (χ4v) is 11.9. The van der Waals surface area contributed by atoms with E-state index in [0.29, 0.717) is 68.4 Å². The zero-order chi connectivity index (χ0) is 59.7. The van der Waals surface area contributed by atoms with Gasteiger partial charge in [-0.3, -0.25) is 38.5 Å². The molecule has 3 aromatic carbocycles. The largest absolute Gasteiger partial charge is 0.343 e. The number of nitrogens with zero attached hydrogens (tertiary/aromatic N) is 8. The molecule has 452 valence electrons. The Morgan fingerprint density at radius 2 is 1.14 bits per heavy atom. The molecule has 5 heterocycles. The van der Waals surface area contributed by atoms with Crippen LogP contribution in [0.5, 0.6) is 0 Å². The van der Waals surface area contributed by atoms with Crippen LogP contribution in [-0.4, -0.2) is 134 Å². The van der Waals surface area contributed by atoms with E-state index in [1.54, 1.807) is 84.1 Å². The van der Waals surface area contributed by atoms with Gasteiger partial charge in [-0.05, 0) is 164 Å². The Morgan fingerprint density at radius 1 is 0.655 bits per heavy atom. The van der Waals surface area contributed by atoms with Crippen molar-refractivity contribution >= 4 is 35.4 Å². The van der Waals surface area contributed by atoms with Gasteiger partial charge in [0, 0.05) is 31.4 Å². The lowest BCUT2D eigenvalue weighted by atomic mass is 9.98. The number of unbranched alkanes of at least 4 members (excludes halogenated alkanes) is 2. The molecular formula is C62H84F2N14O6. The molecule has 0 aliphatic carbocycles. The molecular weight excluding hydrogens is 1070 g/mol. The second kappa shape index (κ2) is 30.4. The SMILES string of the molecule is C=CN(CCCCc1ccc(CCCCn2cc([C@@H](NC(=O)[C@@H]3CC[C@@H]4CCCC[C@H](NC(=O)[C@H](C)NC)C(=O)N43)c3ccc(F)cc3)nn2)cc1)/N=N\C(NC(=O)[C@@H]1CC[C@@H]2CCCC[C@H](NC(=O)[C@H](C)NC)C(=O)N21)c1ccc(F)cc1. The van der Waals surface area contributed by atoms with Crippen molar-refractivity contribution in [1.29, 1.82) is 0 Å². The van der Waals surface area contributed by atoms with Crippen LogP contribution in [-0.2, 0) is 48.2 Å². The first-order valence-corrected chi connectivity index (χ1v) is 30.1. The minimum atomic E-state index is -0.972. The number of nitrogens with one attached hydrogen (secondary N) is 6. The monoisotopic (exact) mass is 1160 g/mol. The number of benzene rings is 3. The number of fused-ring (bicyclic) bond motifs is 2. The number of aromatic nitrogens is 3. The van der Waals surface area contributed by atoms with Crippen molar-refractivity contribution in [2.45, 2.75) is 197 Å². The Hall–Kier alpha value is -7.46. The van der Waals surface area contributed by atoms with E-state index in [9.17, 15) is 37.5 Å². The van der Waals surface area contributed by atoms with Gasteiger partial charge in [-0.2, -0.15) is 0 Å². The summed E-state index contributed by atoms with van der Waals surface area (Å²) >= 11 is 0. The topological polar surface area (TPSA) is 240 Å². The summed E-state index contributed by atoms with van der Waals surface area (Å²) in [5, 5.41) is 37.2. The van der Waals surface area contributed by atoms with Gasteiger partial charge in [0.25, 0.3) is 0 Å². The quantitative estimate of drug-likeness (QED) is 0.0217. The van der Waals surface area contributed by atoms with Gasteiger partial charge >= 0.3 is 0 Å². The smallest absolute Gasteiger partial charge is 0.246 e. The number of carbonyl (C=O) groups is 6. The molecule has 0 saturated carbocycles. The summed E-state index contributed by atoms with van der Waals surface area (Å²) in [4.78, 5) is 85.6. The summed E-state index contributed by atoms with van der Waals surface area (Å²) in [6.45, 7) is 8.49. The first-order chi connectivity index (χ1) is 40.6. The van der Waals surface area contributed by atoms with Gasteiger partial charge < -0.3 is 41.7 Å². The van der Waals surface area contributed by atoms with Gasteiger partial charge in [-0.1, -0.05) is 91.2 Å². The zero-order valence-electron chi connectivity index (χ0n) is 49.0. The maximum absolute atomic E-state index is 14.3. The number of carbonyl (C=O) groups excluding carboxylic acids is 6. The molecule has 4 saturated heterocycles. The number of rotatable bonds is 26. The van der Waals surface area contributed by atoms with Crippen LogP contribution in [0.3, 0.4) is 0 Å². The molecule has 0 spiro atoms. The van der Waals surface area contributed by atoms with Crippen LogP contribution < -0.4 is 31.9 Å². The average molecular weight is 1160 g/mol. The average Bonchev–Trinajstić information content (AvgIpc) is 4.45. The predicted molar refractivity (Wildman–Crippen MR) is 313 cm³/mol. The molecule has 1 unspecified atom stereocenters. The van der Waals surface area contributed by atoms with E-state index in [2.05, 4.69) is 83.4 Å². The van der Waals surface area contributed by atoms with E-state index in [-0.39, 0.29) is 41.6 Å². The molecule has 4 fully saturated rings. The lowest BCUT2D eigenvalue weighted by Gasteiger charge is -2.36. The van der Waals surface area contributed by atoms with Crippen molar-refractivity contribution in [2.75, 3.05) is 20.6 Å². The fraction of sp³-hybridized carbons (Fsp3) is 0.548. The van der Waals surface area contributed by atoms with Gasteiger partial charge in [0.2, 0.25) is 35.4 Å². The molecule has 0 radical (unpaired) electrons. The Balaban J connectivity index is 0.802. The van der Waals surface area contributed by atoms with E-state index < -0.39 is 66.0 Å². The molecule has 1 aromatic heterocycles. The molecule has 22 heteroatoms. The Bertz CT molecular complexity index is 2890. The maximum atomic E-state index is 14.3. The highest BCUT2D eigenvalue weighted by atomic mass is 19.1. The maximum Gasteiger partial charge on any atom is 0.246 e. The Morgan fingerprint density at radius 3 is 1.65 bits per heavy atom. The van der Waals surface area contributed by atoms with E-state index in [4.69, 9.17) is 0 Å². The van der Waals surface area contributed by atoms with E-state index in [1.165, 1.54) is 35.4 Å². The van der Waals surface area contributed by atoms with Crippen LogP contribution >= 0.6 is 0 Å². The van der Waals surface area contributed by atoms with Crippen molar-refractivity contribution in [2.24, 2.45) is 10.3 Å². The van der Waals surface area contributed by atoms with Crippen LogP contribution in [0.2, 0.25) is 0 Å². The Kier molecular flexibility index (Phi) is 22.6. The summed E-state index contributed by atoms with van der Waals surface area (Å²) in [7, 11) is 3.37. The lowest BCUT2D eigenvalue weighted by Crippen LogP contribution is -2.58. The molecule has 4 aromatic rings. The summed E-state index contributed by atoms with van der Waals surface area (Å²) < 4.78 is 30.0. The van der Waals surface area contributed by atoms with Gasteiger partial charge in [0.1, 0.15) is 41.5 Å². The summed E-state index contributed by atoms with van der Waals surface area (Å²) in [6, 6.07) is 15.3. The zero-order valence-corrected chi connectivity index (χ0v) is 49.0. The van der Waals surface area contributed by atoms with Crippen molar-refractivity contribution in [3.8, 4) is 0 Å². The van der Waals surface area contributed by atoms with Crippen LogP contribution in [0.25, 0.3) is 0 Å². The first kappa shape index (κ1) is 62.6. The van der Waals surface area contributed by atoms with E-state index >= 15 is 0 Å². The number of aryl methyl sites for hydroxylation is 3. The van der Waals surface area contributed by atoms with Crippen LogP contribution in [0, 0.1) is 11.6 Å². The minimum Gasteiger partial charge on any atom is -0.343 e. The molecule has 84 heavy (non-hydrogen) atoms. The third-order valence-electron chi connectivity index (χ3n) is 17.1. The number of hydrogen-bond donors (Lipinski definition) is 6. The van der Waals surface area contributed by atoms with Crippen LogP contribution in [0.15, 0.2) is 102 Å². The minimum absolute atomic E-state index is 0.109. The van der Waals surface area contributed by atoms with Crippen molar-refractivity contribution in [3.63, 3.8) is 0 Å². The number of halogens is 2. The van der Waals surface area contributed by atoms with Crippen LogP contribution in [0.4, 0.5) is 8.78 Å². The third kappa shape index (κ3) is 16.5. The van der Waals surface area contributed by atoms with Crippen molar-refractivity contribution < 1.29 is 37.5 Å². The fourth-order valence-electron chi connectivity index (χ4n) is 11.9. The molecule has 4 aliphatic heterocycles. The summed E-state index contributed by atoms with van der Waals surface area (Å²) in [5.41, 5.74) is 4.04. The predicted octanol–water partition coefficient (Wildman–Crippen LogP) is 6.79. The van der Waals surface area contributed by atoms with Gasteiger partial charge in [0.15, 0.2) is 6.17 Å². The highest BCUT2D eigenvalue weighted by molar-refractivity contribution is 5.95. The van der Waals surface area contributed by atoms with Gasteiger partial charge in [-0.15, -0.1) is 10.2 Å². The highest BCUT2D eigenvalue weighted by Gasteiger charge is 2.46. The molecule has 20 nitrogen and oxygen atoms in total. The number of likely N-dealkylation sites (N-methyl/N-ethyl adjacent to an activating group) is 2. The first-order valence-electron chi connectivity index (χ1n) is 30.1. The van der Waals surface area contributed by atoms with Crippen molar-refractivity contribution in [1.82, 2.24) is 61.7 Å². The molecule has 6 amide bonds. The molecule has 8 rings (SSSR count). The summed E-state index contributed by atoms with van der Waals surface area (Å²) in [5.74, 6) is -2.64. The van der Waals surface area contributed by atoms with Gasteiger partial charge in [0.05, 0.1) is 24.3 Å². The van der Waals surface area contributed by atoms with Gasteiger partial charge in [-0.25, -0.2) is 8.78 Å². The second-order valence-corrected chi connectivity index (χ2v) is 22.8. The number of hydrogen-bond acceptors (Lipinski definition) is 12. The van der Waals surface area contributed by atoms with E-state index in [0.717, 1.165) is 77.0 Å².